The van der Waals surface area contributed by atoms with Crippen LogP contribution in [0.2, 0.25) is 0 Å². The minimum Gasteiger partial charge on any atom is -0.507 e. The Morgan fingerprint density at radius 3 is 2.63 bits per heavy atom. The fraction of sp³-hybridized carbons (Fsp3) is 0.484. The minimum atomic E-state index is -0.701. The van der Waals surface area contributed by atoms with Crippen LogP contribution in [0.25, 0.3) is 5.76 Å². The summed E-state index contributed by atoms with van der Waals surface area (Å²) in [5.41, 5.74) is 2.36. The number of ketones is 1. The normalized spacial score (nSPS) is 20.2. The summed E-state index contributed by atoms with van der Waals surface area (Å²) in [6.07, 6.45) is 3.96. The Morgan fingerprint density at radius 1 is 1.11 bits per heavy atom. The molecule has 0 saturated carbocycles. The van der Waals surface area contributed by atoms with Crippen LogP contribution in [0.5, 0.6) is 11.5 Å². The van der Waals surface area contributed by atoms with Gasteiger partial charge in [0.2, 0.25) is 0 Å². The van der Waals surface area contributed by atoms with Gasteiger partial charge in [0.1, 0.15) is 23.4 Å². The number of ether oxygens (including phenoxy) is 2. The quantitative estimate of drug-likeness (QED) is 0.176. The van der Waals surface area contributed by atoms with Crippen LogP contribution in [0.1, 0.15) is 69.7 Å². The number of nitrogens with zero attached hydrogens (tertiary/aromatic N) is 2. The number of carbonyl (C=O) groups excluding carboxylic acids is 2. The molecule has 0 aliphatic carbocycles. The van der Waals surface area contributed by atoms with E-state index in [1.54, 1.807) is 11.0 Å². The van der Waals surface area contributed by atoms with Crippen molar-refractivity contribution in [1.82, 2.24) is 9.80 Å². The average Bonchev–Trinajstić information content (AvgIpc) is 3.42. The summed E-state index contributed by atoms with van der Waals surface area (Å²) >= 11 is 0. The van der Waals surface area contributed by atoms with Crippen molar-refractivity contribution in [2.45, 2.75) is 65.5 Å². The van der Waals surface area contributed by atoms with Gasteiger partial charge in [-0.05, 0) is 67.9 Å². The molecule has 4 rings (SSSR count). The Hall–Kier alpha value is -3.32. The van der Waals surface area contributed by atoms with Gasteiger partial charge >= 0.3 is 0 Å². The number of likely N-dealkylation sites (N-methyl/N-ethyl adjacent to an activating group) is 1. The first kappa shape index (κ1) is 27.7. The van der Waals surface area contributed by atoms with Gasteiger partial charge in [0, 0.05) is 25.1 Å². The van der Waals surface area contributed by atoms with Gasteiger partial charge in [-0.2, -0.15) is 0 Å². The van der Waals surface area contributed by atoms with Crippen molar-refractivity contribution in [2.24, 2.45) is 0 Å². The van der Waals surface area contributed by atoms with Gasteiger partial charge in [-0.1, -0.05) is 45.7 Å². The van der Waals surface area contributed by atoms with Crippen LogP contribution in [-0.2, 0) is 16.0 Å². The number of benzene rings is 2. The van der Waals surface area contributed by atoms with Crippen LogP contribution in [-0.4, -0.2) is 65.5 Å². The predicted octanol–water partition coefficient (Wildman–Crippen LogP) is 5.34. The van der Waals surface area contributed by atoms with E-state index in [2.05, 4.69) is 25.7 Å². The lowest BCUT2D eigenvalue weighted by atomic mass is 9.94. The molecule has 38 heavy (non-hydrogen) atoms. The Labute approximate surface area is 226 Å². The Morgan fingerprint density at radius 2 is 1.89 bits per heavy atom. The third-order valence-electron chi connectivity index (χ3n) is 7.45. The number of hydrogen-bond acceptors (Lipinski definition) is 6. The van der Waals surface area contributed by atoms with E-state index in [4.69, 9.17) is 9.47 Å². The molecule has 0 spiro atoms. The van der Waals surface area contributed by atoms with Gasteiger partial charge in [-0.15, -0.1) is 0 Å². The number of hydrogen-bond donors (Lipinski definition) is 1. The first-order valence-electron chi connectivity index (χ1n) is 13.9. The maximum atomic E-state index is 13.4. The molecule has 2 aromatic rings. The number of likely N-dealkylation sites (tertiary alicyclic amines) is 1. The number of aliphatic hydroxyl groups is 1. The number of carbonyl (C=O) groups is 2. The fourth-order valence-electron chi connectivity index (χ4n) is 5.29. The maximum absolute atomic E-state index is 13.4. The van der Waals surface area contributed by atoms with Gasteiger partial charge < -0.3 is 24.4 Å². The summed E-state index contributed by atoms with van der Waals surface area (Å²) in [7, 11) is 0. The van der Waals surface area contributed by atoms with Gasteiger partial charge in [0.15, 0.2) is 0 Å². The van der Waals surface area contributed by atoms with E-state index in [0.717, 1.165) is 55.6 Å². The molecule has 7 nitrogen and oxygen atoms in total. The lowest BCUT2D eigenvalue weighted by molar-refractivity contribution is -0.140. The number of fused-ring (bicyclic) bond motifs is 1. The number of amides is 1. The van der Waals surface area contributed by atoms with Crippen molar-refractivity contribution in [1.29, 1.82) is 0 Å². The highest BCUT2D eigenvalue weighted by Gasteiger charge is 2.46. The second-order valence-electron chi connectivity index (χ2n) is 10.1. The third-order valence-corrected chi connectivity index (χ3v) is 7.45. The van der Waals surface area contributed by atoms with Gasteiger partial charge in [-0.3, -0.25) is 9.59 Å². The molecule has 1 N–H and O–H groups in total. The zero-order chi connectivity index (χ0) is 27.2. The van der Waals surface area contributed by atoms with Crippen LogP contribution in [0, 0.1) is 0 Å². The Balaban J connectivity index is 1.73. The second kappa shape index (κ2) is 12.5. The molecule has 1 saturated heterocycles. The van der Waals surface area contributed by atoms with Crippen molar-refractivity contribution < 1.29 is 24.2 Å². The zero-order valence-corrected chi connectivity index (χ0v) is 23.0. The molecule has 2 heterocycles. The van der Waals surface area contributed by atoms with Crippen LogP contribution >= 0.6 is 0 Å². The summed E-state index contributed by atoms with van der Waals surface area (Å²) < 4.78 is 11.8. The monoisotopic (exact) mass is 520 g/mol. The van der Waals surface area contributed by atoms with Crippen molar-refractivity contribution >= 4 is 17.4 Å². The van der Waals surface area contributed by atoms with E-state index in [0.29, 0.717) is 31.0 Å². The van der Waals surface area contributed by atoms with E-state index >= 15 is 0 Å². The standard InChI is InChI=1S/C31H40N2O5/c1-5-8-9-17-37-25-12-10-11-22(20-25)28-27(30(35)31(36)33(28)16-15-32(6-2)7-3)29(34)23-13-14-26-24(19-23)18-21(4)38-26/h10-14,19-21,28,34H,5-9,15-18H2,1-4H3/t21-,28+/m0/s1. The topological polar surface area (TPSA) is 79.3 Å². The fourth-order valence-corrected chi connectivity index (χ4v) is 5.29. The summed E-state index contributed by atoms with van der Waals surface area (Å²) in [5.74, 6) is 0.0765. The van der Waals surface area contributed by atoms with Gasteiger partial charge in [0.25, 0.3) is 11.7 Å². The lowest BCUT2D eigenvalue weighted by Crippen LogP contribution is -2.38. The zero-order valence-electron chi connectivity index (χ0n) is 23.0. The molecule has 0 unspecified atom stereocenters. The van der Waals surface area contributed by atoms with Crippen molar-refractivity contribution in [3.05, 3.63) is 64.7 Å². The van der Waals surface area contributed by atoms with E-state index in [1.165, 1.54) is 0 Å². The lowest BCUT2D eigenvalue weighted by Gasteiger charge is -2.28. The van der Waals surface area contributed by atoms with Crippen molar-refractivity contribution in [3.8, 4) is 11.5 Å². The molecule has 1 amide bonds. The molecule has 7 heteroatoms. The molecule has 2 atom stereocenters. The Bertz CT molecular complexity index is 1190. The van der Waals surface area contributed by atoms with Crippen LogP contribution < -0.4 is 9.47 Å². The number of Topliss-reactive ketones (excluding diaryl/α,β-unsaturated/α-hetero) is 1. The van der Waals surface area contributed by atoms with Crippen LogP contribution in [0.15, 0.2) is 48.0 Å². The first-order valence-corrected chi connectivity index (χ1v) is 13.9. The summed E-state index contributed by atoms with van der Waals surface area (Å²) in [5, 5.41) is 11.5. The summed E-state index contributed by atoms with van der Waals surface area (Å²) in [4.78, 5) is 30.6. The first-order chi connectivity index (χ1) is 18.4. The average molecular weight is 521 g/mol. The van der Waals surface area contributed by atoms with Crippen molar-refractivity contribution in [2.75, 3.05) is 32.8 Å². The maximum Gasteiger partial charge on any atom is 0.295 e. The summed E-state index contributed by atoms with van der Waals surface area (Å²) in [6.45, 7) is 11.6. The van der Waals surface area contributed by atoms with E-state index < -0.39 is 17.7 Å². The van der Waals surface area contributed by atoms with Gasteiger partial charge in [0.05, 0.1) is 18.2 Å². The van der Waals surface area contributed by atoms with Crippen molar-refractivity contribution in [3.63, 3.8) is 0 Å². The molecule has 204 valence electrons. The highest BCUT2D eigenvalue weighted by molar-refractivity contribution is 6.46. The molecule has 1 fully saturated rings. The molecule has 0 aromatic heterocycles. The third kappa shape index (κ3) is 5.88. The number of rotatable bonds is 12. The highest BCUT2D eigenvalue weighted by atomic mass is 16.5. The van der Waals surface area contributed by atoms with E-state index in [9.17, 15) is 14.7 Å². The Kier molecular flexibility index (Phi) is 9.10. The second-order valence-corrected chi connectivity index (χ2v) is 10.1. The van der Waals surface area contributed by atoms with Crippen LogP contribution in [0.3, 0.4) is 0 Å². The SMILES string of the molecule is CCCCCOc1cccc([C@@H]2C(=C(O)c3ccc4c(c3)C[C@H](C)O4)C(=O)C(=O)N2CCN(CC)CC)c1. The molecule has 0 radical (unpaired) electrons. The molecule has 2 aliphatic rings. The molecular formula is C31H40N2O5. The molecule has 2 aliphatic heterocycles. The summed E-state index contributed by atoms with van der Waals surface area (Å²) in [6, 6.07) is 12.3. The number of unbranched alkanes of at least 4 members (excludes halogenated alkanes) is 2. The van der Waals surface area contributed by atoms with Crippen LogP contribution in [0.4, 0.5) is 0 Å². The molecular weight excluding hydrogens is 480 g/mol. The highest BCUT2D eigenvalue weighted by Crippen LogP contribution is 2.41. The largest absolute Gasteiger partial charge is 0.507 e. The molecule has 0 bridgehead atoms. The minimum absolute atomic E-state index is 0.0631. The predicted molar refractivity (Wildman–Crippen MR) is 148 cm³/mol. The molecule has 2 aromatic carbocycles. The number of aliphatic hydroxyl groups excluding tert-OH is 1. The smallest absolute Gasteiger partial charge is 0.295 e. The van der Waals surface area contributed by atoms with E-state index in [1.807, 2.05) is 43.3 Å². The van der Waals surface area contributed by atoms with Gasteiger partial charge in [-0.25, -0.2) is 0 Å². The van der Waals surface area contributed by atoms with E-state index in [-0.39, 0.29) is 17.4 Å².